The van der Waals surface area contributed by atoms with E-state index in [0.717, 1.165) is 28.8 Å². The molecule has 0 saturated carbocycles. The van der Waals surface area contributed by atoms with Gasteiger partial charge in [0.15, 0.2) is 4.34 Å². The van der Waals surface area contributed by atoms with E-state index in [1.165, 1.54) is 0 Å². The van der Waals surface area contributed by atoms with Crippen LogP contribution in [0.25, 0.3) is 0 Å². The minimum absolute atomic E-state index is 0.0929. The molecule has 2 N–H and O–H groups in total. The summed E-state index contributed by atoms with van der Waals surface area (Å²) in [6, 6.07) is 1.69. The van der Waals surface area contributed by atoms with Gasteiger partial charge in [-0.15, -0.1) is 10.2 Å². The van der Waals surface area contributed by atoms with Crippen LogP contribution in [0.1, 0.15) is 23.1 Å². The largest absolute Gasteiger partial charge is 0.481 e. The van der Waals surface area contributed by atoms with E-state index >= 15 is 0 Å². The zero-order chi connectivity index (χ0) is 15.4. The van der Waals surface area contributed by atoms with Crippen molar-refractivity contribution in [2.24, 2.45) is 0 Å². The molecule has 21 heavy (non-hydrogen) atoms. The monoisotopic (exact) mass is 327 g/mol. The number of thioether (sulfide) groups is 1. The minimum Gasteiger partial charge on any atom is -0.481 e. The number of hydrogen-bond donors (Lipinski definition) is 2. The Morgan fingerprint density at radius 3 is 2.90 bits per heavy atom. The van der Waals surface area contributed by atoms with Crippen molar-refractivity contribution in [1.82, 2.24) is 20.0 Å². The number of nitrogens with zero attached hydrogens (tertiary/aromatic N) is 4. The lowest BCUT2D eigenvalue weighted by Crippen LogP contribution is -2.17. The van der Waals surface area contributed by atoms with Crippen molar-refractivity contribution in [3.05, 3.63) is 17.5 Å². The van der Waals surface area contributed by atoms with Crippen molar-refractivity contribution >= 4 is 40.1 Å². The van der Waals surface area contributed by atoms with Crippen LogP contribution in [0.4, 0.5) is 5.13 Å². The molecule has 2 aromatic rings. The molecule has 10 heteroatoms. The first-order valence-corrected chi connectivity index (χ1v) is 7.83. The standard InChI is InChI=1S/C11H13N5O3S2/c1-3-16-7(4-6(2)15-16)9(19)12-10-13-14-11(21-10)20-5-8(17)18/h4H,3,5H2,1-2H3,(H,17,18)(H,12,13,19). The summed E-state index contributed by atoms with van der Waals surface area (Å²) >= 11 is 2.19. The van der Waals surface area contributed by atoms with Crippen LogP contribution in [0.3, 0.4) is 0 Å². The molecular formula is C11H13N5O3S2. The van der Waals surface area contributed by atoms with E-state index in [9.17, 15) is 9.59 Å². The maximum Gasteiger partial charge on any atom is 0.313 e. The molecule has 0 aliphatic heterocycles. The molecule has 1 amide bonds. The van der Waals surface area contributed by atoms with Gasteiger partial charge in [-0.25, -0.2) is 0 Å². The highest BCUT2D eigenvalue weighted by Crippen LogP contribution is 2.25. The minimum atomic E-state index is -0.928. The molecular weight excluding hydrogens is 314 g/mol. The number of nitrogens with one attached hydrogen (secondary N) is 1. The summed E-state index contributed by atoms with van der Waals surface area (Å²) in [6.45, 7) is 4.30. The molecule has 0 aliphatic rings. The number of anilines is 1. The highest BCUT2D eigenvalue weighted by Gasteiger charge is 2.15. The summed E-state index contributed by atoms with van der Waals surface area (Å²) in [5, 5.41) is 23.4. The number of hydrogen-bond acceptors (Lipinski definition) is 7. The van der Waals surface area contributed by atoms with Gasteiger partial charge in [-0.05, 0) is 19.9 Å². The van der Waals surface area contributed by atoms with E-state index in [1.54, 1.807) is 10.7 Å². The molecule has 0 atom stereocenters. The fourth-order valence-electron chi connectivity index (χ4n) is 1.57. The van der Waals surface area contributed by atoms with Crippen molar-refractivity contribution in [2.75, 3.05) is 11.1 Å². The summed E-state index contributed by atoms with van der Waals surface area (Å²) in [7, 11) is 0. The van der Waals surface area contributed by atoms with Gasteiger partial charge in [-0.2, -0.15) is 5.10 Å². The van der Waals surface area contributed by atoms with Crippen molar-refractivity contribution in [2.45, 2.75) is 24.7 Å². The Labute approximate surface area is 128 Å². The van der Waals surface area contributed by atoms with Gasteiger partial charge in [-0.3, -0.25) is 19.6 Å². The molecule has 8 nitrogen and oxygen atoms in total. The number of carbonyl (C=O) groups excluding carboxylic acids is 1. The third-order valence-corrected chi connectivity index (χ3v) is 4.34. The fraction of sp³-hybridized carbons (Fsp3) is 0.364. The van der Waals surface area contributed by atoms with Gasteiger partial charge in [-0.1, -0.05) is 23.1 Å². The number of rotatable bonds is 6. The second-order valence-corrected chi connectivity index (χ2v) is 6.20. The van der Waals surface area contributed by atoms with Crippen LogP contribution in [0, 0.1) is 6.92 Å². The molecule has 0 unspecified atom stereocenters. The summed E-state index contributed by atoms with van der Waals surface area (Å²) < 4.78 is 2.10. The van der Waals surface area contributed by atoms with E-state index in [0.29, 0.717) is 21.7 Å². The first-order valence-electron chi connectivity index (χ1n) is 6.03. The zero-order valence-corrected chi connectivity index (χ0v) is 13.0. The molecule has 2 rings (SSSR count). The molecule has 0 bridgehead atoms. The van der Waals surface area contributed by atoms with Gasteiger partial charge in [0, 0.05) is 6.54 Å². The van der Waals surface area contributed by atoms with Gasteiger partial charge in [0.2, 0.25) is 5.13 Å². The van der Waals surface area contributed by atoms with E-state index < -0.39 is 5.97 Å². The van der Waals surface area contributed by atoms with Crippen LogP contribution in [0.15, 0.2) is 10.4 Å². The molecule has 0 saturated heterocycles. The molecule has 112 valence electrons. The molecule has 0 aromatic carbocycles. The highest BCUT2D eigenvalue weighted by molar-refractivity contribution is 8.01. The average molecular weight is 327 g/mol. The second kappa shape index (κ2) is 6.68. The van der Waals surface area contributed by atoms with E-state index in [-0.39, 0.29) is 11.7 Å². The van der Waals surface area contributed by atoms with Crippen LogP contribution in [0.2, 0.25) is 0 Å². The average Bonchev–Trinajstić information content (AvgIpc) is 3.02. The van der Waals surface area contributed by atoms with Crippen LogP contribution in [-0.2, 0) is 11.3 Å². The number of aryl methyl sites for hydroxylation is 2. The van der Waals surface area contributed by atoms with Gasteiger partial charge in [0.1, 0.15) is 5.69 Å². The predicted octanol–water partition coefficient (Wildman–Crippen LogP) is 1.49. The Morgan fingerprint density at radius 2 is 2.24 bits per heavy atom. The molecule has 2 aromatic heterocycles. The SMILES string of the molecule is CCn1nc(C)cc1C(=O)Nc1nnc(SCC(=O)O)s1. The lowest BCUT2D eigenvalue weighted by atomic mass is 10.3. The first-order chi connectivity index (χ1) is 9.99. The van der Waals surface area contributed by atoms with Crippen molar-refractivity contribution in [3.63, 3.8) is 0 Å². The number of carboxylic acid groups (broad SMARTS) is 1. The van der Waals surface area contributed by atoms with Crippen molar-refractivity contribution < 1.29 is 14.7 Å². The van der Waals surface area contributed by atoms with Crippen molar-refractivity contribution in [3.8, 4) is 0 Å². The maximum absolute atomic E-state index is 12.1. The number of aromatic nitrogens is 4. The summed E-state index contributed by atoms with van der Waals surface area (Å²) in [5.41, 5.74) is 1.21. The summed E-state index contributed by atoms with van der Waals surface area (Å²) in [4.78, 5) is 22.6. The first kappa shape index (κ1) is 15.4. The van der Waals surface area contributed by atoms with Crippen LogP contribution in [-0.4, -0.2) is 42.7 Å². The molecule has 0 fully saturated rings. The maximum atomic E-state index is 12.1. The number of aliphatic carboxylic acids is 1. The lowest BCUT2D eigenvalue weighted by Gasteiger charge is -2.03. The number of carbonyl (C=O) groups is 2. The number of carboxylic acids is 1. The van der Waals surface area contributed by atoms with Gasteiger partial charge >= 0.3 is 5.97 Å². The van der Waals surface area contributed by atoms with Gasteiger partial charge in [0.05, 0.1) is 11.4 Å². The molecule has 0 spiro atoms. The topological polar surface area (TPSA) is 110 Å². The smallest absolute Gasteiger partial charge is 0.313 e. The van der Waals surface area contributed by atoms with Crippen LogP contribution in [0.5, 0.6) is 0 Å². The predicted molar refractivity (Wildman–Crippen MR) is 78.9 cm³/mol. The summed E-state index contributed by atoms with van der Waals surface area (Å²) in [6.07, 6.45) is 0. The fourth-order valence-corrected chi connectivity index (χ4v) is 3.04. The second-order valence-electron chi connectivity index (χ2n) is 4.00. The van der Waals surface area contributed by atoms with Crippen LogP contribution >= 0.6 is 23.1 Å². The van der Waals surface area contributed by atoms with Crippen LogP contribution < -0.4 is 5.32 Å². The normalized spacial score (nSPS) is 10.6. The lowest BCUT2D eigenvalue weighted by molar-refractivity contribution is -0.133. The zero-order valence-electron chi connectivity index (χ0n) is 11.4. The Balaban J connectivity index is 2.04. The Morgan fingerprint density at radius 1 is 1.48 bits per heavy atom. The quantitative estimate of drug-likeness (QED) is 0.611. The molecule has 0 radical (unpaired) electrons. The molecule has 0 aliphatic carbocycles. The molecule has 2 heterocycles. The highest BCUT2D eigenvalue weighted by atomic mass is 32.2. The van der Waals surface area contributed by atoms with E-state index in [2.05, 4.69) is 20.6 Å². The Kier molecular flexibility index (Phi) is 4.91. The van der Waals surface area contributed by atoms with E-state index in [4.69, 9.17) is 5.11 Å². The summed E-state index contributed by atoms with van der Waals surface area (Å²) in [5.74, 6) is -1.34. The van der Waals surface area contributed by atoms with Crippen molar-refractivity contribution in [1.29, 1.82) is 0 Å². The number of amides is 1. The van der Waals surface area contributed by atoms with Gasteiger partial charge < -0.3 is 5.11 Å². The third kappa shape index (κ3) is 4.02. The third-order valence-electron chi connectivity index (χ3n) is 2.38. The Hall–Kier alpha value is -1.94. The van der Waals surface area contributed by atoms with E-state index in [1.807, 2.05) is 13.8 Å². The van der Waals surface area contributed by atoms with Gasteiger partial charge in [0.25, 0.3) is 5.91 Å². The Bertz CT molecular complexity index is 667.